The van der Waals surface area contributed by atoms with Gasteiger partial charge in [0.15, 0.2) is 11.3 Å². The molecule has 198 valence electrons. The van der Waals surface area contributed by atoms with E-state index in [1.165, 1.54) is 4.31 Å². The van der Waals surface area contributed by atoms with E-state index < -0.39 is 15.9 Å². The molecular formula is C28H31N5O4S. The fraction of sp³-hybridized carbons (Fsp3) is 0.321. The number of carbonyl (C=O) groups is 1. The topological polar surface area (TPSA) is 106 Å². The highest BCUT2D eigenvalue weighted by Crippen LogP contribution is 2.33. The smallest absolute Gasteiger partial charge is 0.276 e. The van der Waals surface area contributed by atoms with E-state index in [1.54, 1.807) is 23.6 Å². The molecule has 1 N–H and O–H groups in total. The van der Waals surface area contributed by atoms with Gasteiger partial charge in [-0.25, -0.2) is 17.9 Å². The molecule has 10 heteroatoms. The lowest BCUT2D eigenvalue weighted by atomic mass is 10.0. The van der Waals surface area contributed by atoms with Crippen LogP contribution in [0.15, 0.2) is 47.4 Å². The minimum atomic E-state index is -3.76. The second-order valence-corrected chi connectivity index (χ2v) is 11.6. The van der Waals surface area contributed by atoms with Gasteiger partial charge in [-0.2, -0.15) is 9.40 Å². The third kappa shape index (κ3) is 4.59. The Morgan fingerprint density at radius 2 is 1.71 bits per heavy atom. The summed E-state index contributed by atoms with van der Waals surface area (Å²) in [7, 11) is -3.76. The first-order chi connectivity index (χ1) is 18.1. The van der Waals surface area contributed by atoms with Crippen LogP contribution in [0, 0.1) is 34.6 Å². The number of sulfonamides is 1. The van der Waals surface area contributed by atoms with Gasteiger partial charge in [-0.1, -0.05) is 24.3 Å². The zero-order valence-electron chi connectivity index (χ0n) is 22.2. The van der Waals surface area contributed by atoms with Crippen molar-refractivity contribution < 1.29 is 17.9 Å². The molecule has 1 aliphatic rings. The number of hydrogen-bond acceptors (Lipinski definition) is 6. The highest BCUT2D eigenvalue weighted by atomic mass is 32.2. The van der Waals surface area contributed by atoms with Crippen molar-refractivity contribution in [2.24, 2.45) is 0 Å². The van der Waals surface area contributed by atoms with Crippen molar-refractivity contribution in [3.8, 4) is 11.1 Å². The Balaban J connectivity index is 1.68. The van der Waals surface area contributed by atoms with Crippen LogP contribution in [-0.4, -0.2) is 59.5 Å². The van der Waals surface area contributed by atoms with Gasteiger partial charge in [-0.15, -0.1) is 0 Å². The number of aromatic nitrogens is 3. The van der Waals surface area contributed by atoms with E-state index in [4.69, 9.17) is 9.72 Å². The summed E-state index contributed by atoms with van der Waals surface area (Å²) in [4.78, 5) is 18.6. The van der Waals surface area contributed by atoms with E-state index in [2.05, 4.69) is 10.4 Å². The van der Waals surface area contributed by atoms with E-state index in [-0.39, 0.29) is 10.6 Å². The van der Waals surface area contributed by atoms with Gasteiger partial charge in [0.05, 0.1) is 23.7 Å². The average Bonchev–Trinajstić information content (AvgIpc) is 3.27. The Morgan fingerprint density at radius 3 is 2.45 bits per heavy atom. The molecule has 0 unspecified atom stereocenters. The van der Waals surface area contributed by atoms with Crippen molar-refractivity contribution in [1.82, 2.24) is 18.9 Å². The Labute approximate surface area is 222 Å². The first kappa shape index (κ1) is 26.0. The molecule has 2 aromatic heterocycles. The molecule has 2 aromatic carbocycles. The standard InChI is InChI=1S/C28H31N5O4S/c1-17-7-6-8-23(21(17)5)30-28(34)26-25(27-29-19(3)15-20(4)33(27)31-26)22-10-9-18(2)24(16-22)38(35,36)32-11-13-37-14-12-32/h6-10,15-16H,11-14H2,1-5H3,(H,30,34). The molecule has 0 aliphatic carbocycles. The van der Waals surface area contributed by atoms with Crippen molar-refractivity contribution in [3.05, 3.63) is 76.2 Å². The summed E-state index contributed by atoms with van der Waals surface area (Å²) >= 11 is 0. The molecular weight excluding hydrogens is 502 g/mol. The molecule has 38 heavy (non-hydrogen) atoms. The summed E-state index contributed by atoms with van der Waals surface area (Å²) in [5, 5.41) is 7.65. The normalized spacial score (nSPS) is 14.7. The number of morpholine rings is 1. The van der Waals surface area contributed by atoms with E-state index in [9.17, 15) is 13.2 Å². The summed E-state index contributed by atoms with van der Waals surface area (Å²) < 4.78 is 35.6. The summed E-state index contributed by atoms with van der Waals surface area (Å²) in [6, 6.07) is 12.8. The number of aryl methyl sites for hydroxylation is 4. The summed E-state index contributed by atoms with van der Waals surface area (Å²) in [5.74, 6) is -0.394. The number of fused-ring (bicyclic) bond motifs is 1. The lowest BCUT2D eigenvalue weighted by Crippen LogP contribution is -2.40. The van der Waals surface area contributed by atoms with Gasteiger partial charge in [0.2, 0.25) is 10.0 Å². The third-order valence-electron chi connectivity index (χ3n) is 7.03. The molecule has 9 nitrogen and oxygen atoms in total. The van der Waals surface area contributed by atoms with Crippen molar-refractivity contribution in [2.45, 2.75) is 39.5 Å². The number of benzene rings is 2. The van der Waals surface area contributed by atoms with Crippen molar-refractivity contribution in [2.75, 3.05) is 31.6 Å². The Bertz CT molecular complexity index is 1670. The van der Waals surface area contributed by atoms with Crippen molar-refractivity contribution in [3.63, 3.8) is 0 Å². The van der Waals surface area contributed by atoms with Gasteiger partial charge < -0.3 is 10.1 Å². The highest BCUT2D eigenvalue weighted by Gasteiger charge is 2.30. The lowest BCUT2D eigenvalue weighted by Gasteiger charge is -2.26. The van der Waals surface area contributed by atoms with Crippen LogP contribution in [0.3, 0.4) is 0 Å². The van der Waals surface area contributed by atoms with Crippen LogP contribution in [0.2, 0.25) is 0 Å². The minimum absolute atomic E-state index is 0.172. The van der Waals surface area contributed by atoms with Crippen LogP contribution >= 0.6 is 0 Å². The Kier molecular flexibility index (Phi) is 6.81. The Morgan fingerprint density at radius 1 is 0.974 bits per heavy atom. The van der Waals surface area contributed by atoms with Crippen molar-refractivity contribution in [1.29, 1.82) is 0 Å². The van der Waals surface area contributed by atoms with Gasteiger partial charge in [0.1, 0.15) is 0 Å². The molecule has 1 aliphatic heterocycles. The highest BCUT2D eigenvalue weighted by molar-refractivity contribution is 7.89. The monoisotopic (exact) mass is 533 g/mol. The van der Waals surface area contributed by atoms with Crippen LogP contribution in [-0.2, 0) is 14.8 Å². The molecule has 5 rings (SSSR count). The van der Waals surface area contributed by atoms with Gasteiger partial charge >= 0.3 is 0 Å². The fourth-order valence-electron chi connectivity index (χ4n) is 4.77. The average molecular weight is 534 g/mol. The van der Waals surface area contributed by atoms with Crippen molar-refractivity contribution >= 4 is 27.3 Å². The van der Waals surface area contributed by atoms with Crippen LogP contribution in [0.1, 0.15) is 38.6 Å². The van der Waals surface area contributed by atoms with Crippen LogP contribution < -0.4 is 5.32 Å². The maximum atomic E-state index is 13.7. The number of nitrogens with one attached hydrogen (secondary N) is 1. The maximum absolute atomic E-state index is 13.7. The Hall–Kier alpha value is -3.60. The van der Waals surface area contributed by atoms with Crippen LogP contribution in [0.25, 0.3) is 16.8 Å². The molecule has 0 spiro atoms. The molecule has 0 atom stereocenters. The second kappa shape index (κ2) is 9.94. The number of rotatable bonds is 5. The summed E-state index contributed by atoms with van der Waals surface area (Å²) in [5.41, 5.74) is 6.63. The number of carbonyl (C=O) groups excluding carboxylic acids is 1. The molecule has 1 fully saturated rings. The maximum Gasteiger partial charge on any atom is 0.276 e. The molecule has 4 aromatic rings. The molecule has 0 saturated carbocycles. The SMILES string of the molecule is Cc1cc(C)n2nc(C(=O)Nc3cccc(C)c3C)c(-c3ccc(C)c(S(=O)(=O)N4CCOCC4)c3)c2n1. The van der Waals surface area contributed by atoms with E-state index in [0.717, 1.165) is 22.5 Å². The van der Waals surface area contributed by atoms with E-state index in [1.807, 2.05) is 58.0 Å². The van der Waals surface area contributed by atoms with E-state index >= 15 is 0 Å². The first-order valence-corrected chi connectivity index (χ1v) is 14.0. The molecule has 1 amide bonds. The van der Waals surface area contributed by atoms with Gasteiger partial charge in [-0.3, -0.25) is 4.79 Å². The lowest BCUT2D eigenvalue weighted by molar-refractivity contribution is 0.0730. The number of amides is 1. The van der Waals surface area contributed by atoms with Crippen LogP contribution in [0.5, 0.6) is 0 Å². The van der Waals surface area contributed by atoms with Gasteiger partial charge in [0, 0.05) is 30.2 Å². The quantitative estimate of drug-likeness (QED) is 0.412. The predicted octanol–water partition coefficient (Wildman–Crippen LogP) is 4.21. The zero-order chi connectivity index (χ0) is 27.2. The summed E-state index contributed by atoms with van der Waals surface area (Å²) in [6.07, 6.45) is 0. The van der Waals surface area contributed by atoms with E-state index in [0.29, 0.717) is 54.3 Å². The summed E-state index contributed by atoms with van der Waals surface area (Å²) in [6.45, 7) is 10.8. The number of ether oxygens (including phenoxy) is 1. The molecule has 0 radical (unpaired) electrons. The number of hydrogen-bond donors (Lipinski definition) is 1. The van der Waals surface area contributed by atoms with Gasteiger partial charge in [-0.05, 0) is 75.1 Å². The number of anilines is 1. The molecule has 1 saturated heterocycles. The fourth-order valence-corrected chi connectivity index (χ4v) is 6.43. The number of nitrogens with zero attached hydrogens (tertiary/aromatic N) is 4. The zero-order valence-corrected chi connectivity index (χ0v) is 23.0. The minimum Gasteiger partial charge on any atom is -0.379 e. The molecule has 3 heterocycles. The van der Waals surface area contributed by atoms with Gasteiger partial charge in [0.25, 0.3) is 5.91 Å². The van der Waals surface area contributed by atoms with Crippen LogP contribution in [0.4, 0.5) is 5.69 Å². The second-order valence-electron chi connectivity index (χ2n) is 9.70. The first-order valence-electron chi connectivity index (χ1n) is 12.5. The largest absolute Gasteiger partial charge is 0.379 e. The predicted molar refractivity (Wildman–Crippen MR) is 146 cm³/mol. The molecule has 0 bridgehead atoms. The third-order valence-corrected chi connectivity index (χ3v) is 9.07.